The first-order chi connectivity index (χ1) is 9.63. The zero-order valence-corrected chi connectivity index (χ0v) is 12.6. The number of primary amides is 1. The lowest BCUT2D eigenvalue weighted by Gasteiger charge is -2.11. The van der Waals surface area contributed by atoms with Crippen molar-refractivity contribution >= 4 is 28.3 Å². The van der Waals surface area contributed by atoms with Gasteiger partial charge in [-0.05, 0) is 37.7 Å². The summed E-state index contributed by atoms with van der Waals surface area (Å²) in [6, 6.07) is -0.264. The number of nitrogens with two attached hydrogens (primary N) is 1. The molecule has 1 aromatic rings. The van der Waals surface area contributed by atoms with E-state index in [9.17, 15) is 9.59 Å². The Hall–Kier alpha value is -1.56. The molecule has 0 fully saturated rings. The van der Waals surface area contributed by atoms with Gasteiger partial charge in [0.15, 0.2) is 0 Å². The first-order valence-electron chi connectivity index (χ1n) is 7.12. The fourth-order valence-corrected chi connectivity index (χ4v) is 3.73. The number of aryl methyl sites for hydroxylation is 1. The van der Waals surface area contributed by atoms with E-state index in [1.54, 1.807) is 0 Å². The lowest BCUT2D eigenvalue weighted by Crippen LogP contribution is -2.30. The van der Waals surface area contributed by atoms with Crippen LogP contribution in [-0.2, 0) is 12.8 Å². The molecule has 2 rings (SSSR count). The van der Waals surface area contributed by atoms with Crippen molar-refractivity contribution in [3.63, 3.8) is 0 Å². The maximum absolute atomic E-state index is 11.8. The quantitative estimate of drug-likeness (QED) is 0.730. The zero-order chi connectivity index (χ0) is 14.5. The van der Waals surface area contributed by atoms with Gasteiger partial charge in [-0.25, -0.2) is 4.79 Å². The molecule has 0 saturated heterocycles. The summed E-state index contributed by atoms with van der Waals surface area (Å²) in [5.41, 5.74) is 7.03. The van der Waals surface area contributed by atoms with Gasteiger partial charge >= 0.3 is 6.03 Å². The minimum atomic E-state index is -0.451. The zero-order valence-electron chi connectivity index (χ0n) is 11.8. The Bertz CT molecular complexity index is 511. The minimum Gasteiger partial charge on any atom is -0.365 e. The summed E-state index contributed by atoms with van der Waals surface area (Å²) in [6.45, 7) is 2.71. The topological polar surface area (TPSA) is 84.2 Å². The predicted molar refractivity (Wildman–Crippen MR) is 81.4 cm³/mol. The molecule has 0 spiro atoms. The van der Waals surface area contributed by atoms with Gasteiger partial charge in [0.05, 0.1) is 5.56 Å². The summed E-state index contributed by atoms with van der Waals surface area (Å²) in [4.78, 5) is 24.6. The highest BCUT2D eigenvalue weighted by Crippen LogP contribution is 2.37. The normalized spacial score (nSPS) is 13.7. The van der Waals surface area contributed by atoms with E-state index in [1.807, 2.05) is 0 Å². The van der Waals surface area contributed by atoms with Crippen LogP contribution in [0.25, 0.3) is 0 Å². The molecule has 0 aliphatic heterocycles. The first kappa shape index (κ1) is 14.8. The van der Waals surface area contributed by atoms with Crippen LogP contribution in [0.5, 0.6) is 0 Å². The van der Waals surface area contributed by atoms with Gasteiger partial charge in [-0.2, -0.15) is 0 Å². The molecule has 110 valence electrons. The maximum atomic E-state index is 11.8. The monoisotopic (exact) mass is 295 g/mol. The summed E-state index contributed by atoms with van der Waals surface area (Å²) in [5.74, 6) is -0.451. The second kappa shape index (κ2) is 6.74. The van der Waals surface area contributed by atoms with Gasteiger partial charge in [-0.3, -0.25) is 10.1 Å². The van der Waals surface area contributed by atoms with Crippen molar-refractivity contribution in [2.45, 2.75) is 45.4 Å². The molecule has 1 aliphatic carbocycles. The van der Waals surface area contributed by atoms with E-state index >= 15 is 0 Å². The Morgan fingerprint density at radius 2 is 2.05 bits per heavy atom. The van der Waals surface area contributed by atoms with Crippen LogP contribution in [-0.4, -0.2) is 18.5 Å². The van der Waals surface area contributed by atoms with Crippen molar-refractivity contribution in [1.29, 1.82) is 0 Å². The number of anilines is 1. The van der Waals surface area contributed by atoms with Crippen molar-refractivity contribution in [1.82, 2.24) is 5.32 Å². The van der Waals surface area contributed by atoms with Crippen molar-refractivity contribution in [2.75, 3.05) is 11.9 Å². The lowest BCUT2D eigenvalue weighted by molar-refractivity contribution is 0.100. The van der Waals surface area contributed by atoms with Crippen molar-refractivity contribution in [3.8, 4) is 0 Å². The third kappa shape index (κ3) is 3.30. The summed E-state index contributed by atoms with van der Waals surface area (Å²) in [7, 11) is 0. The van der Waals surface area contributed by atoms with Crippen LogP contribution in [0.1, 0.15) is 53.4 Å². The van der Waals surface area contributed by atoms with E-state index < -0.39 is 5.91 Å². The highest BCUT2D eigenvalue weighted by Gasteiger charge is 2.24. The predicted octanol–water partition coefficient (Wildman–Crippen LogP) is 2.65. The largest absolute Gasteiger partial charge is 0.365 e. The number of amides is 3. The first-order valence-corrected chi connectivity index (χ1v) is 7.94. The van der Waals surface area contributed by atoms with Crippen LogP contribution in [0, 0.1) is 0 Å². The minimum absolute atomic E-state index is 0.264. The summed E-state index contributed by atoms with van der Waals surface area (Å²) in [5, 5.41) is 6.15. The number of fused-ring (bicyclic) bond motifs is 1. The molecule has 5 nitrogen and oxygen atoms in total. The van der Waals surface area contributed by atoms with Crippen LogP contribution in [0.2, 0.25) is 0 Å². The third-order valence-corrected chi connectivity index (χ3v) is 4.67. The number of nitrogens with one attached hydrogen (secondary N) is 2. The van der Waals surface area contributed by atoms with Crippen molar-refractivity contribution in [2.24, 2.45) is 5.73 Å². The fourth-order valence-electron chi connectivity index (χ4n) is 2.44. The molecule has 20 heavy (non-hydrogen) atoms. The molecular formula is C14H21N3O2S. The van der Waals surface area contributed by atoms with Crippen LogP contribution in [0.3, 0.4) is 0 Å². The maximum Gasteiger partial charge on any atom is 0.319 e. The summed E-state index contributed by atoms with van der Waals surface area (Å²) in [6.07, 6.45) is 6.03. The Kier molecular flexibility index (Phi) is 5.00. The molecule has 0 atom stereocenters. The Morgan fingerprint density at radius 3 is 2.75 bits per heavy atom. The van der Waals surface area contributed by atoms with Crippen LogP contribution < -0.4 is 16.4 Å². The Labute approximate surface area is 122 Å². The van der Waals surface area contributed by atoms with Crippen molar-refractivity contribution in [3.05, 3.63) is 16.0 Å². The second-order valence-electron chi connectivity index (χ2n) is 5.01. The SMILES string of the molecule is CCCCNC(=O)Nc1sc2c(c1C(N)=O)CCCC2. The van der Waals surface area contributed by atoms with Gasteiger partial charge in [0.25, 0.3) is 5.91 Å². The number of hydrogen-bond acceptors (Lipinski definition) is 3. The molecule has 6 heteroatoms. The van der Waals surface area contributed by atoms with Crippen LogP contribution >= 0.6 is 11.3 Å². The van der Waals surface area contributed by atoms with E-state index in [0.717, 1.165) is 44.1 Å². The van der Waals surface area contributed by atoms with E-state index in [-0.39, 0.29) is 6.03 Å². The Balaban J connectivity index is 2.12. The lowest BCUT2D eigenvalue weighted by atomic mass is 9.95. The third-order valence-electron chi connectivity index (χ3n) is 3.46. The summed E-state index contributed by atoms with van der Waals surface area (Å²) >= 11 is 1.49. The van der Waals surface area contributed by atoms with Gasteiger partial charge in [-0.15, -0.1) is 11.3 Å². The number of thiophene rings is 1. The van der Waals surface area contributed by atoms with E-state index in [4.69, 9.17) is 5.73 Å². The molecule has 1 aromatic heterocycles. The number of carbonyl (C=O) groups is 2. The average molecular weight is 295 g/mol. The van der Waals surface area contributed by atoms with Gasteiger partial charge in [-0.1, -0.05) is 13.3 Å². The highest BCUT2D eigenvalue weighted by molar-refractivity contribution is 7.17. The number of hydrogen-bond donors (Lipinski definition) is 3. The standard InChI is InChI=1S/C14H21N3O2S/c1-2-3-8-16-14(19)17-13-11(12(15)18)9-6-4-5-7-10(9)20-13/h2-8H2,1H3,(H2,15,18)(H2,16,17,19). The fraction of sp³-hybridized carbons (Fsp3) is 0.571. The van der Waals surface area contributed by atoms with Gasteiger partial charge in [0, 0.05) is 11.4 Å². The van der Waals surface area contributed by atoms with Gasteiger partial charge in [0.1, 0.15) is 5.00 Å². The van der Waals surface area contributed by atoms with E-state index in [0.29, 0.717) is 17.1 Å². The van der Waals surface area contributed by atoms with E-state index in [1.165, 1.54) is 16.2 Å². The second-order valence-corrected chi connectivity index (χ2v) is 6.12. The molecule has 1 aliphatic rings. The molecule has 0 unspecified atom stereocenters. The molecule has 4 N–H and O–H groups in total. The van der Waals surface area contributed by atoms with Crippen LogP contribution in [0.4, 0.5) is 9.80 Å². The number of urea groups is 1. The van der Waals surface area contributed by atoms with Crippen LogP contribution in [0.15, 0.2) is 0 Å². The number of carbonyl (C=O) groups excluding carboxylic acids is 2. The Morgan fingerprint density at radius 1 is 1.30 bits per heavy atom. The van der Waals surface area contributed by atoms with Gasteiger partial charge < -0.3 is 11.1 Å². The number of rotatable bonds is 5. The van der Waals surface area contributed by atoms with Crippen molar-refractivity contribution < 1.29 is 9.59 Å². The summed E-state index contributed by atoms with van der Waals surface area (Å²) < 4.78 is 0. The molecule has 1 heterocycles. The molecule has 0 radical (unpaired) electrons. The molecule has 0 aromatic carbocycles. The smallest absolute Gasteiger partial charge is 0.319 e. The molecule has 0 saturated carbocycles. The van der Waals surface area contributed by atoms with E-state index in [2.05, 4.69) is 17.6 Å². The molecule has 3 amide bonds. The highest BCUT2D eigenvalue weighted by atomic mass is 32.1. The molecule has 0 bridgehead atoms. The number of unbranched alkanes of at least 4 members (excludes halogenated alkanes) is 1. The van der Waals surface area contributed by atoms with Gasteiger partial charge in [0.2, 0.25) is 0 Å². The average Bonchev–Trinajstić information content (AvgIpc) is 2.76. The molecular weight excluding hydrogens is 274 g/mol.